The highest BCUT2D eigenvalue weighted by Gasteiger charge is 2.30. The molecule has 0 fully saturated rings. The standard InChI is InChI=1S/C18H27NO3/c1-11-7-15(10-18(5,6)9-11)21-17(20)12(2)8-16-13(3)19-22-14(16)4/h7,12,15H,8-10H2,1-6H3/t12-,15-/m0/s1. The first kappa shape index (κ1) is 16.8. The number of rotatable bonds is 4. The predicted octanol–water partition coefficient (Wildman–Crippen LogP) is 4.15. The minimum absolute atomic E-state index is 0.108. The second-order valence-corrected chi connectivity index (χ2v) is 7.44. The van der Waals surface area contributed by atoms with Crippen LogP contribution in [0.2, 0.25) is 0 Å². The maximum Gasteiger partial charge on any atom is 0.309 e. The van der Waals surface area contributed by atoms with Crippen molar-refractivity contribution in [2.45, 2.75) is 66.9 Å². The molecule has 4 nitrogen and oxygen atoms in total. The van der Waals surface area contributed by atoms with E-state index in [1.54, 1.807) is 0 Å². The van der Waals surface area contributed by atoms with Gasteiger partial charge in [0, 0.05) is 5.56 Å². The number of ether oxygens (including phenoxy) is 1. The number of nitrogens with zero attached hydrogens (tertiary/aromatic N) is 1. The van der Waals surface area contributed by atoms with Crippen molar-refractivity contribution in [2.24, 2.45) is 11.3 Å². The van der Waals surface area contributed by atoms with Crippen LogP contribution in [0.5, 0.6) is 0 Å². The number of esters is 1. The van der Waals surface area contributed by atoms with Crippen LogP contribution in [0, 0.1) is 25.2 Å². The summed E-state index contributed by atoms with van der Waals surface area (Å²) in [6.07, 6.45) is 4.54. The van der Waals surface area contributed by atoms with Gasteiger partial charge in [0.15, 0.2) is 0 Å². The van der Waals surface area contributed by atoms with Crippen molar-refractivity contribution in [3.63, 3.8) is 0 Å². The molecule has 1 heterocycles. The molecule has 0 spiro atoms. The van der Waals surface area contributed by atoms with E-state index in [1.807, 2.05) is 20.8 Å². The van der Waals surface area contributed by atoms with Gasteiger partial charge in [0.05, 0.1) is 11.6 Å². The molecule has 0 amide bonds. The summed E-state index contributed by atoms with van der Waals surface area (Å²) in [7, 11) is 0. The van der Waals surface area contributed by atoms with Gasteiger partial charge >= 0.3 is 5.97 Å². The average molecular weight is 305 g/mol. The number of carbonyl (C=O) groups excluding carboxylic acids is 1. The Morgan fingerprint density at radius 3 is 2.68 bits per heavy atom. The van der Waals surface area contributed by atoms with Crippen LogP contribution in [0.4, 0.5) is 0 Å². The maximum atomic E-state index is 12.4. The molecule has 1 aromatic rings. The van der Waals surface area contributed by atoms with Crippen LogP contribution in [-0.2, 0) is 16.0 Å². The van der Waals surface area contributed by atoms with E-state index in [0.717, 1.165) is 29.9 Å². The summed E-state index contributed by atoms with van der Waals surface area (Å²) in [5.74, 6) is 0.439. The lowest BCUT2D eigenvalue weighted by Crippen LogP contribution is -2.30. The SMILES string of the molecule is CC1=C[C@H](OC(=O)[C@@H](C)Cc2c(C)noc2C)CC(C)(C)C1. The Hall–Kier alpha value is -1.58. The number of aryl methyl sites for hydroxylation is 2. The third kappa shape index (κ3) is 3.99. The molecule has 1 aliphatic rings. The fraction of sp³-hybridized carbons (Fsp3) is 0.667. The normalized spacial score (nSPS) is 22.1. The third-order valence-corrected chi connectivity index (χ3v) is 4.34. The molecule has 0 aliphatic heterocycles. The molecule has 122 valence electrons. The van der Waals surface area contributed by atoms with Gasteiger partial charge in [-0.05, 0) is 51.5 Å². The minimum atomic E-state index is -0.199. The molecule has 0 N–H and O–H groups in total. The van der Waals surface area contributed by atoms with Gasteiger partial charge in [0.25, 0.3) is 0 Å². The Bertz CT molecular complexity index is 564. The maximum absolute atomic E-state index is 12.4. The minimum Gasteiger partial charge on any atom is -0.458 e. The molecule has 2 rings (SSSR count). The largest absolute Gasteiger partial charge is 0.458 e. The van der Waals surface area contributed by atoms with Gasteiger partial charge in [-0.3, -0.25) is 4.79 Å². The second-order valence-electron chi connectivity index (χ2n) is 7.44. The van der Waals surface area contributed by atoms with Gasteiger partial charge in [-0.1, -0.05) is 31.5 Å². The van der Waals surface area contributed by atoms with E-state index in [9.17, 15) is 4.79 Å². The summed E-state index contributed by atoms with van der Waals surface area (Å²) in [6.45, 7) is 12.2. The zero-order valence-corrected chi connectivity index (χ0v) is 14.5. The first-order valence-electron chi connectivity index (χ1n) is 7.97. The number of aromatic nitrogens is 1. The molecule has 0 aromatic carbocycles. The lowest BCUT2D eigenvalue weighted by molar-refractivity contribution is -0.152. The highest BCUT2D eigenvalue weighted by atomic mass is 16.5. The molecule has 0 saturated heterocycles. The van der Waals surface area contributed by atoms with E-state index in [1.165, 1.54) is 5.57 Å². The Labute approximate surface area is 132 Å². The summed E-state index contributed by atoms with van der Waals surface area (Å²) in [4.78, 5) is 12.4. The fourth-order valence-corrected chi connectivity index (χ4v) is 3.33. The topological polar surface area (TPSA) is 52.3 Å². The average Bonchev–Trinajstić information content (AvgIpc) is 2.67. The third-order valence-electron chi connectivity index (χ3n) is 4.34. The fourth-order valence-electron chi connectivity index (χ4n) is 3.33. The summed E-state index contributed by atoms with van der Waals surface area (Å²) < 4.78 is 10.9. The lowest BCUT2D eigenvalue weighted by atomic mass is 9.76. The molecule has 22 heavy (non-hydrogen) atoms. The summed E-state index contributed by atoms with van der Waals surface area (Å²) in [6, 6.07) is 0. The van der Waals surface area contributed by atoms with Gasteiger partial charge < -0.3 is 9.26 Å². The van der Waals surface area contributed by atoms with E-state index in [0.29, 0.717) is 6.42 Å². The quantitative estimate of drug-likeness (QED) is 0.619. The van der Waals surface area contributed by atoms with Gasteiger partial charge in [-0.15, -0.1) is 0 Å². The van der Waals surface area contributed by atoms with Crippen molar-refractivity contribution in [1.29, 1.82) is 0 Å². The summed E-state index contributed by atoms with van der Waals surface area (Å²) in [5, 5.41) is 3.94. The van der Waals surface area contributed by atoms with Crippen LogP contribution in [0.3, 0.4) is 0 Å². The number of hydrogen-bond donors (Lipinski definition) is 0. The van der Waals surface area contributed by atoms with E-state index < -0.39 is 0 Å². The molecule has 1 aliphatic carbocycles. The molecule has 0 saturated carbocycles. The zero-order valence-electron chi connectivity index (χ0n) is 14.5. The Balaban J connectivity index is 1.99. The first-order chi connectivity index (χ1) is 10.2. The molecule has 1 aromatic heterocycles. The van der Waals surface area contributed by atoms with Gasteiger partial charge in [0.1, 0.15) is 11.9 Å². The van der Waals surface area contributed by atoms with Crippen molar-refractivity contribution >= 4 is 5.97 Å². The highest BCUT2D eigenvalue weighted by molar-refractivity contribution is 5.72. The van der Waals surface area contributed by atoms with Crippen molar-refractivity contribution in [2.75, 3.05) is 0 Å². The number of allylic oxidation sites excluding steroid dienone is 1. The molecule has 4 heteroatoms. The summed E-state index contributed by atoms with van der Waals surface area (Å²) >= 11 is 0. The molecule has 2 atom stereocenters. The first-order valence-corrected chi connectivity index (χ1v) is 7.97. The van der Waals surface area contributed by atoms with Crippen LogP contribution in [-0.4, -0.2) is 17.2 Å². The van der Waals surface area contributed by atoms with E-state index >= 15 is 0 Å². The van der Waals surface area contributed by atoms with Gasteiger partial charge in [-0.25, -0.2) is 0 Å². The molecule has 0 bridgehead atoms. The van der Waals surface area contributed by atoms with Crippen LogP contribution < -0.4 is 0 Å². The van der Waals surface area contributed by atoms with Crippen LogP contribution in [0.1, 0.15) is 57.6 Å². The Morgan fingerprint density at radius 1 is 1.45 bits per heavy atom. The molecule has 0 radical (unpaired) electrons. The van der Waals surface area contributed by atoms with Crippen LogP contribution in [0.15, 0.2) is 16.2 Å². The van der Waals surface area contributed by atoms with Crippen LogP contribution in [0.25, 0.3) is 0 Å². The number of carbonyl (C=O) groups is 1. The Morgan fingerprint density at radius 2 is 2.14 bits per heavy atom. The van der Waals surface area contributed by atoms with E-state index in [-0.39, 0.29) is 23.4 Å². The lowest BCUT2D eigenvalue weighted by Gasteiger charge is -2.33. The van der Waals surface area contributed by atoms with Crippen molar-refractivity contribution in [3.8, 4) is 0 Å². The van der Waals surface area contributed by atoms with Crippen LogP contribution >= 0.6 is 0 Å². The molecular formula is C18H27NO3. The molecular weight excluding hydrogens is 278 g/mol. The van der Waals surface area contributed by atoms with E-state index in [2.05, 4.69) is 32.0 Å². The van der Waals surface area contributed by atoms with Gasteiger partial charge in [-0.2, -0.15) is 0 Å². The van der Waals surface area contributed by atoms with Gasteiger partial charge in [0.2, 0.25) is 0 Å². The zero-order chi connectivity index (χ0) is 16.5. The van der Waals surface area contributed by atoms with E-state index in [4.69, 9.17) is 9.26 Å². The Kier molecular flexibility index (Phi) is 4.78. The van der Waals surface area contributed by atoms with Crippen molar-refractivity contribution in [1.82, 2.24) is 5.16 Å². The highest BCUT2D eigenvalue weighted by Crippen LogP contribution is 2.36. The van der Waals surface area contributed by atoms with Crippen molar-refractivity contribution in [3.05, 3.63) is 28.7 Å². The predicted molar refractivity (Wildman–Crippen MR) is 85.5 cm³/mol. The van der Waals surface area contributed by atoms with Crippen molar-refractivity contribution < 1.29 is 14.1 Å². The second kappa shape index (κ2) is 6.27. The smallest absolute Gasteiger partial charge is 0.309 e. The monoisotopic (exact) mass is 305 g/mol. The molecule has 0 unspecified atom stereocenters. The summed E-state index contributed by atoms with van der Waals surface area (Å²) in [5.41, 5.74) is 3.36. The number of hydrogen-bond acceptors (Lipinski definition) is 4.